The van der Waals surface area contributed by atoms with E-state index in [0.29, 0.717) is 17.2 Å². The number of methoxy groups -OCH3 is 1. The minimum absolute atomic E-state index is 0.145. The number of aromatic nitrogens is 3. The number of benzene rings is 1. The zero-order valence-electron chi connectivity index (χ0n) is 14.7. The van der Waals surface area contributed by atoms with Gasteiger partial charge in [0.15, 0.2) is 0 Å². The molecule has 26 heavy (non-hydrogen) atoms. The number of imidazole rings is 1. The van der Waals surface area contributed by atoms with Crippen LogP contribution in [0.2, 0.25) is 0 Å². The van der Waals surface area contributed by atoms with Crippen LogP contribution in [0.4, 0.5) is 4.39 Å². The Labute approximate surface area is 149 Å². The molecule has 2 heterocycles. The van der Waals surface area contributed by atoms with E-state index in [1.165, 1.54) is 31.5 Å². The smallest absolute Gasteiger partial charge is 0.374 e. The summed E-state index contributed by atoms with van der Waals surface area (Å²) in [6.45, 7) is 3.95. The maximum absolute atomic E-state index is 14.1. The molecular weight excluding hydrogens is 341 g/mol. The van der Waals surface area contributed by atoms with Gasteiger partial charge in [0.2, 0.25) is 11.7 Å². The Morgan fingerprint density at radius 2 is 2.19 bits per heavy atom. The molecule has 0 fully saturated rings. The Hall–Kier alpha value is -3.16. The number of ether oxygens (including phenoxy) is 2. The number of nitrogens with zero attached hydrogens (tertiary/aromatic N) is 3. The number of aryl methyl sites for hydroxylation is 1. The summed E-state index contributed by atoms with van der Waals surface area (Å²) >= 11 is 0. The average molecular weight is 359 g/mol. The number of carbonyl (C=O) groups is 1. The molecule has 0 saturated carbocycles. The van der Waals surface area contributed by atoms with Crippen molar-refractivity contribution in [3.8, 4) is 17.2 Å². The molecule has 0 unspecified atom stereocenters. The van der Waals surface area contributed by atoms with Crippen molar-refractivity contribution in [2.24, 2.45) is 0 Å². The van der Waals surface area contributed by atoms with E-state index in [1.807, 2.05) is 0 Å². The Balaban J connectivity index is 1.91. The van der Waals surface area contributed by atoms with Crippen molar-refractivity contribution < 1.29 is 23.1 Å². The third-order valence-electron chi connectivity index (χ3n) is 3.79. The van der Waals surface area contributed by atoms with E-state index in [9.17, 15) is 9.18 Å². The zero-order valence-corrected chi connectivity index (χ0v) is 14.7. The zero-order chi connectivity index (χ0) is 18.7. The molecule has 3 aromatic rings. The van der Waals surface area contributed by atoms with Gasteiger partial charge in [-0.2, -0.15) is 0 Å². The second kappa shape index (κ2) is 7.38. The number of esters is 1. The lowest BCUT2D eigenvalue weighted by Gasteiger charge is -2.05. The summed E-state index contributed by atoms with van der Waals surface area (Å²) in [5.41, 5.74) is 0.765. The first-order valence-electron chi connectivity index (χ1n) is 8.02. The summed E-state index contributed by atoms with van der Waals surface area (Å²) in [6.07, 6.45) is 3.15. The molecule has 0 N–H and O–H groups in total. The first-order chi connectivity index (χ1) is 12.5. The lowest BCUT2D eigenvalue weighted by molar-refractivity contribution is 0.0507. The van der Waals surface area contributed by atoms with Crippen molar-refractivity contribution in [1.29, 1.82) is 0 Å². The first-order valence-corrected chi connectivity index (χ1v) is 8.02. The van der Waals surface area contributed by atoms with Crippen LogP contribution in [0, 0.1) is 12.7 Å². The number of hydrogen-bond donors (Lipinski definition) is 0. The summed E-state index contributed by atoms with van der Waals surface area (Å²) in [4.78, 5) is 20.3. The molecule has 0 aliphatic rings. The first kappa shape index (κ1) is 17.7. The Bertz CT molecular complexity index is 932. The van der Waals surface area contributed by atoms with Crippen LogP contribution in [0.3, 0.4) is 0 Å². The fourth-order valence-corrected chi connectivity index (χ4v) is 2.47. The van der Waals surface area contributed by atoms with Gasteiger partial charge in [-0.3, -0.25) is 0 Å². The molecule has 1 aromatic carbocycles. The molecule has 0 atom stereocenters. The molecule has 136 valence electrons. The number of rotatable bonds is 6. The van der Waals surface area contributed by atoms with E-state index in [2.05, 4.69) is 9.97 Å². The summed E-state index contributed by atoms with van der Waals surface area (Å²) in [6, 6.07) is 4.33. The van der Waals surface area contributed by atoms with E-state index < -0.39 is 11.8 Å². The van der Waals surface area contributed by atoms with Crippen LogP contribution in [-0.4, -0.2) is 34.2 Å². The maximum atomic E-state index is 14.1. The van der Waals surface area contributed by atoms with Crippen molar-refractivity contribution in [1.82, 2.24) is 14.5 Å². The molecule has 8 heteroatoms. The monoisotopic (exact) mass is 359 g/mol. The fraction of sp³-hybridized carbons (Fsp3) is 0.278. The van der Waals surface area contributed by atoms with Gasteiger partial charge in [-0.15, -0.1) is 0 Å². The van der Waals surface area contributed by atoms with Crippen molar-refractivity contribution in [2.45, 2.75) is 20.4 Å². The van der Waals surface area contributed by atoms with Crippen molar-refractivity contribution >= 4 is 5.97 Å². The minimum Gasteiger partial charge on any atom is -0.497 e. The molecule has 0 spiro atoms. The lowest BCUT2D eigenvalue weighted by atomic mass is 10.2. The minimum atomic E-state index is -0.516. The summed E-state index contributed by atoms with van der Waals surface area (Å²) in [7, 11) is 1.50. The highest BCUT2D eigenvalue weighted by Gasteiger charge is 2.19. The maximum Gasteiger partial charge on any atom is 0.374 e. The fourth-order valence-electron chi connectivity index (χ4n) is 2.47. The van der Waals surface area contributed by atoms with Gasteiger partial charge < -0.3 is 18.5 Å². The van der Waals surface area contributed by atoms with E-state index >= 15 is 0 Å². The normalized spacial score (nSPS) is 10.8. The predicted octanol–water partition coefficient (Wildman–Crippen LogP) is 3.22. The third-order valence-corrected chi connectivity index (χ3v) is 3.79. The Kier molecular flexibility index (Phi) is 5.01. The van der Waals surface area contributed by atoms with Crippen LogP contribution < -0.4 is 4.74 Å². The van der Waals surface area contributed by atoms with Gasteiger partial charge in [-0.25, -0.2) is 19.2 Å². The highest BCUT2D eigenvalue weighted by atomic mass is 19.1. The third kappa shape index (κ3) is 3.44. The van der Waals surface area contributed by atoms with E-state index in [-0.39, 0.29) is 30.4 Å². The molecular formula is C18H18FN3O4. The number of hydrogen-bond acceptors (Lipinski definition) is 6. The molecule has 0 aliphatic carbocycles. The molecule has 0 aliphatic heterocycles. The number of carbonyl (C=O) groups excluding carboxylic acids is 1. The van der Waals surface area contributed by atoms with Crippen LogP contribution in [0.5, 0.6) is 5.75 Å². The predicted molar refractivity (Wildman–Crippen MR) is 90.5 cm³/mol. The van der Waals surface area contributed by atoms with Crippen LogP contribution in [0.15, 0.2) is 35.0 Å². The van der Waals surface area contributed by atoms with Gasteiger partial charge >= 0.3 is 5.97 Å². The lowest BCUT2D eigenvalue weighted by Crippen LogP contribution is -2.14. The van der Waals surface area contributed by atoms with Crippen molar-refractivity contribution in [3.63, 3.8) is 0 Å². The van der Waals surface area contributed by atoms with Gasteiger partial charge in [-0.1, -0.05) is 0 Å². The Morgan fingerprint density at radius 1 is 1.38 bits per heavy atom. The van der Waals surface area contributed by atoms with Crippen LogP contribution in [-0.2, 0) is 11.3 Å². The second-order valence-corrected chi connectivity index (χ2v) is 5.47. The van der Waals surface area contributed by atoms with Crippen LogP contribution in [0.1, 0.15) is 29.0 Å². The highest BCUT2D eigenvalue weighted by Crippen LogP contribution is 2.28. The van der Waals surface area contributed by atoms with Gasteiger partial charge in [0.05, 0.1) is 25.8 Å². The number of halogens is 1. The number of oxazole rings is 1. The summed E-state index contributed by atoms with van der Waals surface area (Å²) in [5, 5.41) is 0. The largest absolute Gasteiger partial charge is 0.497 e. The SMILES string of the molecule is CCOC(=O)c1nccn1Cc1nc(-c2cc(OC)ccc2F)oc1C. The Morgan fingerprint density at radius 3 is 2.92 bits per heavy atom. The average Bonchev–Trinajstić information content (AvgIpc) is 3.23. The van der Waals surface area contributed by atoms with E-state index in [4.69, 9.17) is 13.9 Å². The second-order valence-electron chi connectivity index (χ2n) is 5.47. The highest BCUT2D eigenvalue weighted by molar-refractivity contribution is 5.85. The molecule has 0 saturated heterocycles. The molecule has 0 radical (unpaired) electrons. The topological polar surface area (TPSA) is 79.4 Å². The van der Waals surface area contributed by atoms with Gasteiger partial charge in [0.25, 0.3) is 0 Å². The molecule has 3 rings (SSSR count). The summed E-state index contributed by atoms with van der Waals surface area (Å²) in [5.74, 6) is 0.352. The van der Waals surface area contributed by atoms with Gasteiger partial charge in [0, 0.05) is 12.4 Å². The molecule has 7 nitrogen and oxygen atoms in total. The van der Waals surface area contributed by atoms with E-state index in [0.717, 1.165) is 0 Å². The summed E-state index contributed by atoms with van der Waals surface area (Å²) < 4.78 is 31.5. The quantitative estimate of drug-likeness (QED) is 0.629. The van der Waals surface area contributed by atoms with Gasteiger partial charge in [-0.05, 0) is 32.0 Å². The molecule has 2 aromatic heterocycles. The van der Waals surface area contributed by atoms with E-state index in [1.54, 1.807) is 24.6 Å². The van der Waals surface area contributed by atoms with Gasteiger partial charge in [0.1, 0.15) is 23.0 Å². The van der Waals surface area contributed by atoms with Crippen LogP contribution >= 0.6 is 0 Å². The van der Waals surface area contributed by atoms with Crippen molar-refractivity contribution in [3.05, 3.63) is 53.7 Å². The standard InChI is InChI=1S/C18H18FN3O4/c1-4-25-18(23)16-20-7-8-22(16)10-15-11(2)26-17(21-15)13-9-12(24-3)5-6-14(13)19/h5-9H,4,10H2,1-3H3. The molecule has 0 bridgehead atoms. The molecule has 0 amide bonds. The van der Waals surface area contributed by atoms with Crippen LogP contribution in [0.25, 0.3) is 11.5 Å². The van der Waals surface area contributed by atoms with Crippen molar-refractivity contribution in [2.75, 3.05) is 13.7 Å².